The van der Waals surface area contributed by atoms with Crippen LogP contribution in [0, 0.1) is 16.7 Å². The van der Waals surface area contributed by atoms with Crippen LogP contribution in [0.3, 0.4) is 0 Å². The predicted molar refractivity (Wildman–Crippen MR) is 70.8 cm³/mol. The number of aryl methyl sites for hydroxylation is 1. The fraction of sp³-hybridized carbons (Fsp3) is 0.786. The van der Waals surface area contributed by atoms with Gasteiger partial charge >= 0.3 is 0 Å². The van der Waals surface area contributed by atoms with Crippen LogP contribution < -0.4 is 5.32 Å². The summed E-state index contributed by atoms with van der Waals surface area (Å²) in [7, 11) is 2.05. The minimum absolute atomic E-state index is 0.489. The van der Waals surface area contributed by atoms with Gasteiger partial charge in [0.1, 0.15) is 5.82 Å². The van der Waals surface area contributed by atoms with Crippen molar-refractivity contribution in [1.82, 2.24) is 14.9 Å². The highest BCUT2D eigenvalue weighted by Gasteiger charge is 2.63. The molecular weight excluding hydrogens is 210 g/mol. The number of imidazole rings is 1. The molecule has 96 valence electrons. The van der Waals surface area contributed by atoms with Crippen LogP contribution >= 0.6 is 0 Å². The maximum Gasteiger partial charge on any atom is 0.109 e. The molecule has 0 atom stereocenters. The summed E-state index contributed by atoms with van der Waals surface area (Å²) < 4.78 is 2.09. The largest absolute Gasteiger partial charge is 0.338 e. The van der Waals surface area contributed by atoms with Crippen molar-refractivity contribution in [2.45, 2.75) is 34.1 Å². The van der Waals surface area contributed by atoms with Crippen molar-refractivity contribution >= 4 is 0 Å². The summed E-state index contributed by atoms with van der Waals surface area (Å²) in [4.78, 5) is 4.33. The molecule has 0 unspecified atom stereocenters. The Hall–Kier alpha value is -0.830. The molecule has 0 radical (unpaired) electrons. The number of aromatic nitrogens is 2. The van der Waals surface area contributed by atoms with Crippen LogP contribution in [0.4, 0.5) is 0 Å². The number of hydrogen-bond donors (Lipinski definition) is 1. The van der Waals surface area contributed by atoms with Crippen LogP contribution in [0.5, 0.6) is 0 Å². The molecule has 1 aromatic heterocycles. The zero-order valence-electron chi connectivity index (χ0n) is 11.7. The topological polar surface area (TPSA) is 29.9 Å². The minimum atomic E-state index is 0.489. The van der Waals surface area contributed by atoms with E-state index in [9.17, 15) is 0 Å². The quantitative estimate of drug-likeness (QED) is 0.793. The molecule has 2 rings (SSSR count). The summed E-state index contributed by atoms with van der Waals surface area (Å²) in [6.07, 6.45) is 4.88. The third kappa shape index (κ3) is 2.13. The second-order valence-corrected chi connectivity index (χ2v) is 6.40. The van der Waals surface area contributed by atoms with Crippen molar-refractivity contribution in [3.8, 4) is 0 Å². The molecule has 1 fully saturated rings. The third-order valence-electron chi connectivity index (χ3n) is 5.11. The van der Waals surface area contributed by atoms with Gasteiger partial charge in [-0.25, -0.2) is 4.98 Å². The minimum Gasteiger partial charge on any atom is -0.338 e. The zero-order valence-corrected chi connectivity index (χ0v) is 11.7. The Bertz CT molecular complexity index is 376. The van der Waals surface area contributed by atoms with Gasteiger partial charge in [0.25, 0.3) is 0 Å². The van der Waals surface area contributed by atoms with E-state index in [0.717, 1.165) is 31.3 Å². The summed E-state index contributed by atoms with van der Waals surface area (Å²) in [5.74, 6) is 1.96. The van der Waals surface area contributed by atoms with Crippen molar-refractivity contribution in [2.24, 2.45) is 23.8 Å². The fourth-order valence-corrected chi connectivity index (χ4v) is 2.93. The van der Waals surface area contributed by atoms with E-state index in [-0.39, 0.29) is 0 Å². The summed E-state index contributed by atoms with van der Waals surface area (Å²) in [5, 5.41) is 3.57. The van der Waals surface area contributed by atoms with E-state index < -0.39 is 0 Å². The third-order valence-corrected chi connectivity index (χ3v) is 5.11. The molecular formula is C14H25N3. The Morgan fingerprint density at radius 2 is 1.94 bits per heavy atom. The smallest absolute Gasteiger partial charge is 0.109 e. The Kier molecular flexibility index (Phi) is 3.06. The lowest BCUT2D eigenvalue weighted by Gasteiger charge is -2.06. The molecule has 1 saturated carbocycles. The predicted octanol–water partition coefficient (Wildman–Crippen LogP) is 2.23. The first-order valence-corrected chi connectivity index (χ1v) is 6.54. The standard InChI is InChI=1S/C14H25N3/c1-13(2)11(14(13,3)4)10-15-7-6-12-16-8-9-17(12)5/h8-9,11,15H,6-7,10H2,1-5H3. The molecule has 0 bridgehead atoms. The number of nitrogens with one attached hydrogen (secondary N) is 1. The van der Waals surface area contributed by atoms with Gasteiger partial charge in [0, 0.05) is 32.4 Å². The molecule has 1 aliphatic carbocycles. The molecule has 3 heteroatoms. The van der Waals surface area contributed by atoms with E-state index in [4.69, 9.17) is 0 Å². The van der Waals surface area contributed by atoms with Crippen LogP contribution in [0.15, 0.2) is 12.4 Å². The molecule has 0 spiro atoms. The second-order valence-electron chi connectivity index (χ2n) is 6.40. The first kappa shape index (κ1) is 12.6. The number of rotatable bonds is 5. The van der Waals surface area contributed by atoms with Gasteiger partial charge in [0.2, 0.25) is 0 Å². The van der Waals surface area contributed by atoms with Gasteiger partial charge in [0.05, 0.1) is 0 Å². The lowest BCUT2D eigenvalue weighted by molar-refractivity contribution is 0.457. The lowest BCUT2D eigenvalue weighted by atomic mass is 10.0. The monoisotopic (exact) mass is 235 g/mol. The molecule has 1 N–H and O–H groups in total. The van der Waals surface area contributed by atoms with Crippen molar-refractivity contribution in [2.75, 3.05) is 13.1 Å². The van der Waals surface area contributed by atoms with Crippen LogP contribution in [0.1, 0.15) is 33.5 Å². The molecule has 1 heterocycles. The van der Waals surface area contributed by atoms with Crippen LogP contribution in [0.25, 0.3) is 0 Å². The van der Waals surface area contributed by atoms with Gasteiger partial charge in [-0.2, -0.15) is 0 Å². The highest BCUT2D eigenvalue weighted by molar-refractivity contribution is 5.12. The number of nitrogens with zero attached hydrogens (tertiary/aromatic N) is 2. The fourth-order valence-electron chi connectivity index (χ4n) is 2.93. The van der Waals surface area contributed by atoms with Crippen molar-refractivity contribution in [3.05, 3.63) is 18.2 Å². The van der Waals surface area contributed by atoms with Gasteiger partial charge in [-0.3, -0.25) is 0 Å². The summed E-state index contributed by atoms with van der Waals surface area (Å²) in [6, 6.07) is 0. The first-order chi connectivity index (χ1) is 7.87. The van der Waals surface area contributed by atoms with E-state index in [0.29, 0.717) is 10.8 Å². The molecule has 1 aromatic rings. The Morgan fingerprint density at radius 1 is 1.29 bits per heavy atom. The van der Waals surface area contributed by atoms with E-state index in [1.165, 1.54) is 0 Å². The Labute approximate surface area is 105 Å². The maximum atomic E-state index is 4.33. The van der Waals surface area contributed by atoms with E-state index >= 15 is 0 Å². The van der Waals surface area contributed by atoms with Crippen LogP contribution in [-0.2, 0) is 13.5 Å². The summed E-state index contributed by atoms with van der Waals surface area (Å²) in [6.45, 7) is 11.6. The molecule has 0 saturated heterocycles. The second kappa shape index (κ2) is 4.13. The van der Waals surface area contributed by atoms with E-state index in [1.807, 2.05) is 12.4 Å². The van der Waals surface area contributed by atoms with Gasteiger partial charge in [-0.1, -0.05) is 27.7 Å². The van der Waals surface area contributed by atoms with Crippen molar-refractivity contribution in [3.63, 3.8) is 0 Å². The highest BCUT2D eigenvalue weighted by Crippen LogP contribution is 2.67. The van der Waals surface area contributed by atoms with Crippen LogP contribution in [0.2, 0.25) is 0 Å². The van der Waals surface area contributed by atoms with E-state index in [1.54, 1.807) is 0 Å². The average Bonchev–Trinajstić information content (AvgIpc) is 2.56. The molecule has 17 heavy (non-hydrogen) atoms. The molecule has 0 aromatic carbocycles. The normalized spacial score (nSPS) is 21.7. The molecule has 3 nitrogen and oxygen atoms in total. The van der Waals surface area contributed by atoms with E-state index in [2.05, 4.69) is 49.6 Å². The average molecular weight is 235 g/mol. The van der Waals surface area contributed by atoms with Gasteiger partial charge in [-0.15, -0.1) is 0 Å². The zero-order chi connectivity index (χ0) is 12.7. The van der Waals surface area contributed by atoms with Crippen molar-refractivity contribution < 1.29 is 0 Å². The van der Waals surface area contributed by atoms with Crippen molar-refractivity contribution in [1.29, 1.82) is 0 Å². The molecule has 0 amide bonds. The Balaban J connectivity index is 1.70. The molecule has 1 aliphatic rings. The van der Waals surface area contributed by atoms with Gasteiger partial charge in [0.15, 0.2) is 0 Å². The summed E-state index contributed by atoms with van der Waals surface area (Å²) >= 11 is 0. The van der Waals surface area contributed by atoms with Crippen LogP contribution in [-0.4, -0.2) is 22.6 Å². The highest BCUT2D eigenvalue weighted by atomic mass is 15.0. The summed E-state index contributed by atoms with van der Waals surface area (Å²) in [5.41, 5.74) is 0.979. The Morgan fingerprint density at radius 3 is 2.41 bits per heavy atom. The SMILES string of the molecule is Cn1ccnc1CCNCC1C(C)(C)C1(C)C. The maximum absolute atomic E-state index is 4.33. The lowest BCUT2D eigenvalue weighted by Crippen LogP contribution is -2.22. The van der Waals surface area contributed by atoms with Gasteiger partial charge in [-0.05, 0) is 23.3 Å². The van der Waals surface area contributed by atoms with Gasteiger partial charge < -0.3 is 9.88 Å². The first-order valence-electron chi connectivity index (χ1n) is 6.54. The number of hydrogen-bond acceptors (Lipinski definition) is 2. The molecule has 0 aliphatic heterocycles.